The maximum Gasteiger partial charge on any atom is 0.253 e. The summed E-state index contributed by atoms with van der Waals surface area (Å²) < 4.78 is 26.6. The van der Waals surface area contributed by atoms with Gasteiger partial charge in [0.15, 0.2) is 0 Å². The molecule has 1 amide bonds. The fraction of sp³-hybridized carbons (Fsp3) is 0.320. The van der Waals surface area contributed by atoms with E-state index in [-0.39, 0.29) is 17.8 Å². The number of halogens is 2. The third kappa shape index (κ3) is 5.34. The Morgan fingerprint density at radius 2 is 1.72 bits per heavy atom. The van der Waals surface area contributed by atoms with Crippen LogP contribution in [0.4, 0.5) is 8.78 Å². The minimum absolute atomic E-state index is 0.269. The highest BCUT2D eigenvalue weighted by Crippen LogP contribution is 2.26. The highest BCUT2D eigenvalue weighted by molar-refractivity contribution is 5.95. The molecule has 1 fully saturated rings. The van der Waals surface area contributed by atoms with Gasteiger partial charge in [0, 0.05) is 23.1 Å². The number of aliphatic hydroxyl groups is 1. The number of amides is 1. The molecule has 5 nitrogen and oxygen atoms in total. The highest BCUT2D eigenvalue weighted by atomic mass is 19.1. The third-order valence-corrected chi connectivity index (χ3v) is 5.84. The van der Waals surface area contributed by atoms with Crippen molar-refractivity contribution < 1.29 is 18.7 Å². The average Bonchev–Trinajstić information content (AvgIpc) is 2.81. The molecule has 0 unspecified atom stereocenters. The van der Waals surface area contributed by atoms with Crippen molar-refractivity contribution in [1.29, 1.82) is 0 Å². The summed E-state index contributed by atoms with van der Waals surface area (Å²) in [5, 5.41) is 13.1. The average molecular weight is 437 g/mol. The minimum atomic E-state index is -0.542. The lowest BCUT2D eigenvalue weighted by Gasteiger charge is -2.28. The highest BCUT2D eigenvalue weighted by Gasteiger charge is 2.25. The maximum atomic E-state index is 13.5. The van der Waals surface area contributed by atoms with Gasteiger partial charge in [-0.2, -0.15) is 0 Å². The maximum absolute atomic E-state index is 13.5. The van der Waals surface area contributed by atoms with Gasteiger partial charge in [0.2, 0.25) is 0 Å². The van der Waals surface area contributed by atoms with Gasteiger partial charge in [0.05, 0.1) is 23.9 Å². The van der Waals surface area contributed by atoms with E-state index in [0.717, 1.165) is 41.8 Å². The van der Waals surface area contributed by atoms with Gasteiger partial charge in [-0.3, -0.25) is 14.8 Å². The molecule has 4 rings (SSSR count). The molecular formula is C25H25F2N3O2. The molecule has 1 saturated carbocycles. The molecular weight excluding hydrogens is 412 g/mol. The van der Waals surface area contributed by atoms with E-state index in [0.29, 0.717) is 24.8 Å². The number of pyridine rings is 2. The summed E-state index contributed by atoms with van der Waals surface area (Å²) in [7, 11) is 0. The zero-order valence-electron chi connectivity index (χ0n) is 17.6. The Labute approximate surface area is 185 Å². The molecule has 166 valence electrons. The topological polar surface area (TPSA) is 75.1 Å². The number of nitrogens with zero attached hydrogens (tertiary/aromatic N) is 2. The zero-order valence-corrected chi connectivity index (χ0v) is 17.6. The van der Waals surface area contributed by atoms with E-state index in [1.807, 2.05) is 0 Å². The van der Waals surface area contributed by atoms with E-state index >= 15 is 0 Å². The lowest BCUT2D eigenvalue weighted by molar-refractivity contribution is 0.0717. The molecule has 7 heteroatoms. The summed E-state index contributed by atoms with van der Waals surface area (Å²) >= 11 is 0. The van der Waals surface area contributed by atoms with E-state index < -0.39 is 11.9 Å². The molecule has 2 atom stereocenters. The first-order valence-corrected chi connectivity index (χ1v) is 10.8. The van der Waals surface area contributed by atoms with Crippen LogP contribution in [0.3, 0.4) is 0 Å². The number of benzene rings is 1. The Morgan fingerprint density at radius 1 is 0.969 bits per heavy atom. The fourth-order valence-corrected chi connectivity index (χ4v) is 4.03. The van der Waals surface area contributed by atoms with Crippen LogP contribution in [0.5, 0.6) is 0 Å². The summed E-state index contributed by atoms with van der Waals surface area (Å²) in [5.74, 6) is -1.03. The summed E-state index contributed by atoms with van der Waals surface area (Å²) in [6.45, 7) is 0. The van der Waals surface area contributed by atoms with E-state index in [9.17, 15) is 18.7 Å². The number of carbonyl (C=O) groups excluding carboxylic acids is 1. The van der Waals surface area contributed by atoms with Crippen molar-refractivity contribution in [3.63, 3.8) is 0 Å². The number of aromatic nitrogens is 2. The zero-order chi connectivity index (χ0) is 22.5. The molecule has 0 radical (unpaired) electrons. The molecule has 1 aliphatic carbocycles. The molecule has 2 aromatic heterocycles. The molecule has 0 spiro atoms. The van der Waals surface area contributed by atoms with Crippen LogP contribution in [0.2, 0.25) is 0 Å². The van der Waals surface area contributed by atoms with Crippen molar-refractivity contribution >= 4 is 5.91 Å². The van der Waals surface area contributed by atoms with Crippen molar-refractivity contribution in [3.05, 3.63) is 83.4 Å². The van der Waals surface area contributed by atoms with Gasteiger partial charge in [0.1, 0.15) is 11.6 Å². The van der Waals surface area contributed by atoms with E-state index in [4.69, 9.17) is 0 Å². The van der Waals surface area contributed by atoms with Crippen LogP contribution in [-0.2, 0) is 12.8 Å². The predicted octanol–water partition coefficient (Wildman–Crippen LogP) is 4.24. The smallest absolute Gasteiger partial charge is 0.253 e. The Morgan fingerprint density at radius 3 is 2.44 bits per heavy atom. The first-order valence-electron chi connectivity index (χ1n) is 10.8. The number of hydrogen-bond acceptors (Lipinski definition) is 4. The van der Waals surface area contributed by atoms with E-state index in [2.05, 4.69) is 15.3 Å². The molecule has 3 aromatic rings. The van der Waals surface area contributed by atoms with Crippen molar-refractivity contribution in [1.82, 2.24) is 15.3 Å². The first kappa shape index (κ1) is 22.0. The van der Waals surface area contributed by atoms with Gasteiger partial charge in [-0.15, -0.1) is 0 Å². The van der Waals surface area contributed by atoms with E-state index in [1.165, 1.54) is 30.6 Å². The van der Waals surface area contributed by atoms with Crippen LogP contribution in [0, 0.1) is 11.6 Å². The fourth-order valence-electron chi connectivity index (χ4n) is 4.03. The van der Waals surface area contributed by atoms with Gasteiger partial charge in [-0.05, 0) is 61.6 Å². The van der Waals surface area contributed by atoms with Gasteiger partial charge >= 0.3 is 0 Å². The number of nitrogens with one attached hydrogen (secondary N) is 1. The number of rotatable bonds is 6. The van der Waals surface area contributed by atoms with Crippen LogP contribution in [0.15, 0.2) is 54.9 Å². The normalized spacial score (nSPS) is 18.3. The number of aryl methyl sites for hydroxylation is 2. The largest absolute Gasteiger partial charge is 0.391 e. The van der Waals surface area contributed by atoms with Crippen molar-refractivity contribution in [2.75, 3.05) is 0 Å². The van der Waals surface area contributed by atoms with Crippen LogP contribution in [0.1, 0.15) is 47.4 Å². The van der Waals surface area contributed by atoms with Crippen LogP contribution >= 0.6 is 0 Å². The molecule has 2 N–H and O–H groups in total. The Kier molecular flexibility index (Phi) is 6.85. The second-order valence-corrected chi connectivity index (χ2v) is 8.12. The second-order valence-electron chi connectivity index (χ2n) is 8.12. The lowest BCUT2D eigenvalue weighted by Crippen LogP contribution is -2.45. The molecule has 0 aliphatic heterocycles. The quantitative estimate of drug-likeness (QED) is 0.605. The summed E-state index contributed by atoms with van der Waals surface area (Å²) in [5.41, 5.74) is 3.31. The van der Waals surface area contributed by atoms with Crippen molar-refractivity contribution in [2.24, 2.45) is 0 Å². The predicted molar refractivity (Wildman–Crippen MR) is 117 cm³/mol. The van der Waals surface area contributed by atoms with Crippen molar-refractivity contribution in [3.8, 4) is 11.1 Å². The minimum Gasteiger partial charge on any atom is -0.391 e. The van der Waals surface area contributed by atoms with Gasteiger partial charge in [0.25, 0.3) is 5.91 Å². The Hall–Kier alpha value is -3.19. The third-order valence-electron chi connectivity index (χ3n) is 5.84. The first-order chi connectivity index (χ1) is 15.5. The van der Waals surface area contributed by atoms with Crippen molar-refractivity contribution in [2.45, 2.75) is 50.7 Å². The van der Waals surface area contributed by atoms with Gasteiger partial charge in [-0.25, -0.2) is 8.78 Å². The number of aliphatic hydroxyl groups excluding tert-OH is 1. The second kappa shape index (κ2) is 9.96. The Bertz CT molecular complexity index is 1070. The van der Waals surface area contributed by atoms with Crippen LogP contribution in [0.25, 0.3) is 11.1 Å². The monoisotopic (exact) mass is 437 g/mol. The summed E-state index contributed by atoms with van der Waals surface area (Å²) in [4.78, 5) is 21.5. The molecule has 32 heavy (non-hydrogen) atoms. The molecule has 0 saturated heterocycles. The SMILES string of the molecule is O=C(N[C@@H]1CCCC[C@H]1O)c1cnc(CCc2ccc(F)cn2)c(-c2ccc(F)cc2)c1. The molecule has 2 heterocycles. The molecule has 1 aliphatic rings. The molecule has 0 bridgehead atoms. The van der Waals surface area contributed by atoms with Gasteiger partial charge < -0.3 is 10.4 Å². The summed E-state index contributed by atoms with van der Waals surface area (Å²) in [6, 6.07) is 10.5. The van der Waals surface area contributed by atoms with E-state index in [1.54, 1.807) is 24.3 Å². The number of hydrogen-bond donors (Lipinski definition) is 2. The number of carbonyl (C=O) groups is 1. The molecule has 1 aromatic carbocycles. The van der Waals surface area contributed by atoms with Crippen LogP contribution in [-0.4, -0.2) is 33.1 Å². The van der Waals surface area contributed by atoms with Gasteiger partial charge in [-0.1, -0.05) is 25.0 Å². The van der Waals surface area contributed by atoms with Crippen LogP contribution < -0.4 is 5.32 Å². The Balaban J connectivity index is 1.58. The lowest BCUT2D eigenvalue weighted by atomic mass is 9.92. The standard InChI is InChI=1S/C25H25F2N3O2/c26-18-7-5-16(6-8-18)21-13-17(25(32)30-23-3-1-2-4-24(23)31)14-29-22(21)12-11-20-10-9-19(27)15-28-20/h5-10,13-15,23-24,31H,1-4,11-12H2,(H,30,32)/t23-,24-/m1/s1. The summed E-state index contributed by atoms with van der Waals surface area (Å²) in [6.07, 6.45) is 6.57.